The largest absolute Gasteiger partial charge is 0.483 e. The molecule has 1 fully saturated rings. The van der Waals surface area contributed by atoms with E-state index >= 15 is 0 Å². The Balaban J connectivity index is 1.92. The van der Waals surface area contributed by atoms with E-state index in [-0.39, 0.29) is 23.8 Å². The second-order valence-corrected chi connectivity index (χ2v) is 5.15. The standard InChI is InChI=1S/C15H19NO4/c1-11-6-8-16(9-7-11)14(17)10-20-13-5-3-2-4-12(13)15(18)19/h2-5,11H,6-10H2,1H3,(H,18,19). The van der Waals surface area contributed by atoms with Crippen molar-refractivity contribution in [2.24, 2.45) is 5.92 Å². The minimum atomic E-state index is -1.06. The molecule has 1 aliphatic heterocycles. The number of aromatic carboxylic acids is 1. The number of likely N-dealkylation sites (tertiary alicyclic amines) is 1. The minimum Gasteiger partial charge on any atom is -0.483 e. The second-order valence-electron chi connectivity index (χ2n) is 5.15. The Morgan fingerprint density at radius 1 is 1.30 bits per heavy atom. The number of benzene rings is 1. The number of rotatable bonds is 4. The molecule has 1 aromatic carbocycles. The molecule has 1 saturated heterocycles. The van der Waals surface area contributed by atoms with E-state index in [1.165, 1.54) is 6.07 Å². The van der Waals surface area contributed by atoms with Crippen LogP contribution in [-0.2, 0) is 4.79 Å². The van der Waals surface area contributed by atoms with E-state index in [2.05, 4.69) is 6.92 Å². The molecule has 0 radical (unpaired) electrons. The molecule has 0 unspecified atom stereocenters. The number of carboxylic acids is 1. The quantitative estimate of drug-likeness (QED) is 0.914. The van der Waals surface area contributed by atoms with E-state index < -0.39 is 5.97 Å². The van der Waals surface area contributed by atoms with E-state index in [9.17, 15) is 9.59 Å². The monoisotopic (exact) mass is 277 g/mol. The van der Waals surface area contributed by atoms with Gasteiger partial charge in [-0.05, 0) is 30.9 Å². The lowest BCUT2D eigenvalue weighted by Crippen LogP contribution is -2.40. The highest BCUT2D eigenvalue weighted by atomic mass is 16.5. The van der Waals surface area contributed by atoms with Gasteiger partial charge in [0.1, 0.15) is 11.3 Å². The van der Waals surface area contributed by atoms with Crippen molar-refractivity contribution >= 4 is 11.9 Å². The summed E-state index contributed by atoms with van der Waals surface area (Å²) in [6, 6.07) is 6.35. The summed E-state index contributed by atoms with van der Waals surface area (Å²) in [4.78, 5) is 24.8. The molecule has 0 bridgehead atoms. The molecule has 5 heteroatoms. The van der Waals surface area contributed by atoms with E-state index in [0.29, 0.717) is 5.92 Å². The molecule has 1 N–H and O–H groups in total. The van der Waals surface area contributed by atoms with Gasteiger partial charge in [0.15, 0.2) is 6.61 Å². The molecule has 2 rings (SSSR count). The number of hydrogen-bond acceptors (Lipinski definition) is 3. The summed E-state index contributed by atoms with van der Waals surface area (Å²) >= 11 is 0. The predicted octanol–water partition coefficient (Wildman–Crippen LogP) is 2.02. The molecular formula is C15H19NO4. The van der Waals surface area contributed by atoms with Crippen LogP contribution in [-0.4, -0.2) is 41.6 Å². The molecule has 20 heavy (non-hydrogen) atoms. The van der Waals surface area contributed by atoms with Gasteiger partial charge in [0, 0.05) is 13.1 Å². The van der Waals surface area contributed by atoms with Gasteiger partial charge in [0.05, 0.1) is 0 Å². The van der Waals surface area contributed by atoms with Crippen molar-refractivity contribution in [3.05, 3.63) is 29.8 Å². The molecule has 0 aromatic heterocycles. The number of para-hydroxylation sites is 1. The SMILES string of the molecule is CC1CCN(C(=O)COc2ccccc2C(=O)O)CC1. The summed E-state index contributed by atoms with van der Waals surface area (Å²) in [5.74, 6) is -0.247. The first-order chi connectivity index (χ1) is 9.58. The Morgan fingerprint density at radius 2 is 1.95 bits per heavy atom. The van der Waals surface area contributed by atoms with Crippen LogP contribution < -0.4 is 4.74 Å². The van der Waals surface area contributed by atoms with Crippen molar-refractivity contribution in [3.8, 4) is 5.75 Å². The average Bonchev–Trinajstić information content (AvgIpc) is 2.45. The fourth-order valence-corrected chi connectivity index (χ4v) is 2.26. The maximum absolute atomic E-state index is 12.0. The summed E-state index contributed by atoms with van der Waals surface area (Å²) in [7, 11) is 0. The van der Waals surface area contributed by atoms with Gasteiger partial charge in [-0.3, -0.25) is 4.79 Å². The summed E-state index contributed by atoms with van der Waals surface area (Å²) in [6.45, 7) is 3.58. The lowest BCUT2D eigenvalue weighted by molar-refractivity contribution is -0.134. The number of piperidine rings is 1. The third-order valence-corrected chi connectivity index (χ3v) is 3.60. The Hall–Kier alpha value is -2.04. The van der Waals surface area contributed by atoms with E-state index in [4.69, 9.17) is 9.84 Å². The van der Waals surface area contributed by atoms with E-state index in [0.717, 1.165) is 25.9 Å². The number of carboxylic acid groups (broad SMARTS) is 1. The molecule has 1 amide bonds. The second kappa shape index (κ2) is 6.41. The van der Waals surface area contributed by atoms with Gasteiger partial charge in [-0.25, -0.2) is 4.79 Å². The molecule has 0 atom stereocenters. The first-order valence-electron chi connectivity index (χ1n) is 6.81. The van der Waals surface area contributed by atoms with Crippen LogP contribution in [0.5, 0.6) is 5.75 Å². The molecule has 0 spiro atoms. The van der Waals surface area contributed by atoms with Crippen molar-refractivity contribution in [2.45, 2.75) is 19.8 Å². The summed E-state index contributed by atoms with van der Waals surface area (Å²) in [5.41, 5.74) is 0.0765. The van der Waals surface area contributed by atoms with Crippen molar-refractivity contribution < 1.29 is 19.4 Å². The number of hydrogen-bond donors (Lipinski definition) is 1. The number of carbonyl (C=O) groups is 2. The van der Waals surface area contributed by atoms with Gasteiger partial charge < -0.3 is 14.7 Å². The van der Waals surface area contributed by atoms with Gasteiger partial charge in [-0.1, -0.05) is 19.1 Å². The van der Waals surface area contributed by atoms with Crippen LogP contribution in [0.1, 0.15) is 30.1 Å². The van der Waals surface area contributed by atoms with Crippen LogP contribution in [0.15, 0.2) is 24.3 Å². The predicted molar refractivity (Wildman–Crippen MR) is 73.9 cm³/mol. The van der Waals surface area contributed by atoms with Crippen molar-refractivity contribution in [1.82, 2.24) is 4.90 Å². The van der Waals surface area contributed by atoms with Gasteiger partial charge in [0.25, 0.3) is 5.91 Å². The van der Waals surface area contributed by atoms with E-state index in [1.54, 1.807) is 23.1 Å². The van der Waals surface area contributed by atoms with Crippen LogP contribution in [0.3, 0.4) is 0 Å². The Bertz CT molecular complexity index is 492. The molecule has 0 aliphatic carbocycles. The first kappa shape index (κ1) is 14.4. The lowest BCUT2D eigenvalue weighted by Gasteiger charge is -2.30. The maximum atomic E-state index is 12.0. The number of nitrogens with zero attached hydrogens (tertiary/aromatic N) is 1. The zero-order valence-electron chi connectivity index (χ0n) is 11.5. The zero-order chi connectivity index (χ0) is 14.5. The lowest BCUT2D eigenvalue weighted by atomic mass is 9.99. The number of carbonyl (C=O) groups excluding carboxylic acids is 1. The zero-order valence-corrected chi connectivity index (χ0v) is 11.5. The fraction of sp³-hybridized carbons (Fsp3) is 0.467. The van der Waals surface area contributed by atoms with Crippen molar-refractivity contribution in [2.75, 3.05) is 19.7 Å². The third-order valence-electron chi connectivity index (χ3n) is 3.60. The third kappa shape index (κ3) is 3.50. The van der Waals surface area contributed by atoms with Gasteiger partial charge in [-0.15, -0.1) is 0 Å². The van der Waals surface area contributed by atoms with Crippen molar-refractivity contribution in [3.63, 3.8) is 0 Å². The molecule has 108 valence electrons. The van der Waals surface area contributed by atoms with Crippen LogP contribution in [0.4, 0.5) is 0 Å². The molecule has 5 nitrogen and oxygen atoms in total. The van der Waals surface area contributed by atoms with Gasteiger partial charge in [-0.2, -0.15) is 0 Å². The minimum absolute atomic E-state index is 0.0765. The fourth-order valence-electron chi connectivity index (χ4n) is 2.26. The molecule has 1 heterocycles. The van der Waals surface area contributed by atoms with Crippen molar-refractivity contribution in [1.29, 1.82) is 0 Å². The van der Waals surface area contributed by atoms with Crippen LogP contribution >= 0.6 is 0 Å². The molecule has 1 aliphatic rings. The smallest absolute Gasteiger partial charge is 0.339 e. The van der Waals surface area contributed by atoms with Crippen LogP contribution in [0, 0.1) is 5.92 Å². The summed E-state index contributed by atoms with van der Waals surface area (Å²) in [6.07, 6.45) is 2.02. The number of amides is 1. The van der Waals surface area contributed by atoms with E-state index in [1.807, 2.05) is 0 Å². The Kier molecular flexibility index (Phi) is 4.61. The Morgan fingerprint density at radius 3 is 2.60 bits per heavy atom. The van der Waals surface area contributed by atoms with Crippen LogP contribution in [0.2, 0.25) is 0 Å². The molecule has 0 saturated carbocycles. The highest BCUT2D eigenvalue weighted by molar-refractivity contribution is 5.91. The summed E-state index contributed by atoms with van der Waals surface area (Å²) in [5, 5.41) is 9.03. The van der Waals surface area contributed by atoms with Gasteiger partial charge >= 0.3 is 5.97 Å². The molecule has 1 aromatic rings. The number of ether oxygens (including phenoxy) is 1. The van der Waals surface area contributed by atoms with Gasteiger partial charge in [0.2, 0.25) is 0 Å². The Labute approximate surface area is 118 Å². The summed E-state index contributed by atoms with van der Waals surface area (Å²) < 4.78 is 5.37. The first-order valence-corrected chi connectivity index (χ1v) is 6.81. The average molecular weight is 277 g/mol. The molecular weight excluding hydrogens is 258 g/mol. The highest BCUT2D eigenvalue weighted by Crippen LogP contribution is 2.19. The normalized spacial score (nSPS) is 15.9. The maximum Gasteiger partial charge on any atom is 0.339 e. The topological polar surface area (TPSA) is 66.8 Å². The highest BCUT2D eigenvalue weighted by Gasteiger charge is 2.21. The van der Waals surface area contributed by atoms with Crippen LogP contribution in [0.25, 0.3) is 0 Å².